The van der Waals surface area contributed by atoms with E-state index < -0.39 is 16.1 Å². The van der Waals surface area contributed by atoms with Crippen molar-refractivity contribution in [3.05, 3.63) is 48.5 Å². The monoisotopic (exact) mass is 406 g/mol. The number of hydrogen-bond acceptors (Lipinski definition) is 5. The lowest BCUT2D eigenvalue weighted by Crippen LogP contribution is -2.30. The van der Waals surface area contributed by atoms with Crippen molar-refractivity contribution < 1.29 is 22.7 Å². The third-order valence-corrected chi connectivity index (χ3v) is 5.06. The Morgan fingerprint density at radius 2 is 1.64 bits per heavy atom. The van der Waals surface area contributed by atoms with Crippen LogP contribution < -0.4 is 19.1 Å². The maximum absolute atomic E-state index is 12.4. The van der Waals surface area contributed by atoms with E-state index in [2.05, 4.69) is 5.32 Å². The topological polar surface area (TPSA) is 84.9 Å². The van der Waals surface area contributed by atoms with Gasteiger partial charge in [-0.3, -0.25) is 9.10 Å². The van der Waals surface area contributed by atoms with E-state index in [9.17, 15) is 13.2 Å². The van der Waals surface area contributed by atoms with E-state index >= 15 is 0 Å². The number of carbonyl (C=O) groups excluding carboxylic acids is 1. The number of amides is 1. The number of ether oxygens (including phenoxy) is 2. The molecule has 152 valence electrons. The molecule has 0 aromatic heterocycles. The largest absolute Gasteiger partial charge is 0.491 e. The summed E-state index contributed by atoms with van der Waals surface area (Å²) < 4.78 is 35.6. The van der Waals surface area contributed by atoms with Crippen LogP contribution in [0.25, 0.3) is 0 Å². The lowest BCUT2D eigenvalue weighted by molar-refractivity contribution is -0.122. The first-order valence-electron chi connectivity index (χ1n) is 8.84. The fraction of sp³-hybridized carbons (Fsp3) is 0.350. The zero-order valence-electron chi connectivity index (χ0n) is 16.7. The summed E-state index contributed by atoms with van der Waals surface area (Å²) in [6, 6.07) is 13.6. The summed E-state index contributed by atoms with van der Waals surface area (Å²) in [6.07, 6.45) is 0.427. The first-order chi connectivity index (χ1) is 13.1. The minimum absolute atomic E-state index is 0.0397. The van der Waals surface area contributed by atoms with Crippen LogP contribution in [0, 0.1) is 0 Å². The number of hydrogen-bond donors (Lipinski definition) is 1. The van der Waals surface area contributed by atoms with Crippen molar-refractivity contribution in [2.75, 3.05) is 22.9 Å². The standard InChI is InChI=1S/C20H26N2O5S/c1-14(2)26-19-8-6-7-16(13-19)21-20(23)15(3)27-18-11-9-17(10-12-18)22(4)28(5,24)25/h6-15H,1-5H3,(H,21,23)/t15-/m0/s1. The van der Waals surface area contributed by atoms with Crippen molar-refractivity contribution in [3.63, 3.8) is 0 Å². The van der Waals surface area contributed by atoms with Gasteiger partial charge in [0.25, 0.3) is 5.91 Å². The fourth-order valence-corrected chi connectivity index (χ4v) is 2.85. The van der Waals surface area contributed by atoms with Crippen LogP contribution in [-0.4, -0.2) is 39.8 Å². The highest BCUT2D eigenvalue weighted by Crippen LogP contribution is 2.22. The highest BCUT2D eigenvalue weighted by Gasteiger charge is 2.16. The molecule has 0 aliphatic heterocycles. The van der Waals surface area contributed by atoms with Crippen LogP contribution in [-0.2, 0) is 14.8 Å². The van der Waals surface area contributed by atoms with E-state index in [1.54, 1.807) is 49.4 Å². The molecule has 0 fully saturated rings. The molecule has 8 heteroatoms. The minimum Gasteiger partial charge on any atom is -0.491 e. The van der Waals surface area contributed by atoms with Crippen molar-refractivity contribution in [1.29, 1.82) is 0 Å². The Hall–Kier alpha value is -2.74. The molecule has 0 bridgehead atoms. The van der Waals surface area contributed by atoms with E-state index in [0.29, 0.717) is 22.9 Å². The normalized spacial score (nSPS) is 12.4. The first kappa shape index (κ1) is 21.6. The number of nitrogens with one attached hydrogen (secondary N) is 1. The fourth-order valence-electron chi connectivity index (χ4n) is 2.35. The van der Waals surface area contributed by atoms with Gasteiger partial charge in [-0.05, 0) is 57.2 Å². The molecule has 7 nitrogen and oxygen atoms in total. The van der Waals surface area contributed by atoms with Gasteiger partial charge in [-0.2, -0.15) is 0 Å². The first-order valence-corrected chi connectivity index (χ1v) is 10.7. The number of benzene rings is 2. The molecule has 0 spiro atoms. The lowest BCUT2D eigenvalue weighted by atomic mass is 10.2. The molecule has 0 unspecified atom stereocenters. The van der Waals surface area contributed by atoms with Gasteiger partial charge < -0.3 is 14.8 Å². The van der Waals surface area contributed by atoms with Crippen LogP contribution in [0.2, 0.25) is 0 Å². The van der Waals surface area contributed by atoms with E-state index in [1.807, 2.05) is 19.9 Å². The Balaban J connectivity index is 1.99. The Bertz CT molecular complexity index is 910. The molecule has 1 atom stereocenters. The van der Waals surface area contributed by atoms with E-state index in [4.69, 9.17) is 9.47 Å². The molecule has 0 aliphatic rings. The summed E-state index contributed by atoms with van der Waals surface area (Å²) in [7, 11) is -1.86. The molecule has 28 heavy (non-hydrogen) atoms. The molecule has 0 heterocycles. The van der Waals surface area contributed by atoms with E-state index in [-0.39, 0.29) is 12.0 Å². The van der Waals surface area contributed by atoms with E-state index in [1.165, 1.54) is 11.4 Å². The molecule has 0 saturated heterocycles. The maximum atomic E-state index is 12.4. The molecule has 1 N–H and O–H groups in total. The van der Waals surface area contributed by atoms with Crippen LogP contribution in [0.4, 0.5) is 11.4 Å². The van der Waals surface area contributed by atoms with Crippen LogP contribution in [0.15, 0.2) is 48.5 Å². The molecule has 2 rings (SSSR count). The highest BCUT2D eigenvalue weighted by atomic mass is 32.2. The van der Waals surface area contributed by atoms with Gasteiger partial charge in [0.2, 0.25) is 10.0 Å². The molecule has 0 saturated carbocycles. The molecule has 0 aliphatic carbocycles. The molecular formula is C20H26N2O5S. The van der Waals surface area contributed by atoms with Gasteiger partial charge in [0.1, 0.15) is 11.5 Å². The van der Waals surface area contributed by atoms with Gasteiger partial charge >= 0.3 is 0 Å². The molecule has 1 amide bonds. The van der Waals surface area contributed by atoms with Crippen molar-refractivity contribution in [2.45, 2.75) is 33.0 Å². The van der Waals surface area contributed by atoms with Crippen LogP contribution >= 0.6 is 0 Å². The second kappa shape index (κ2) is 8.97. The van der Waals surface area contributed by atoms with Crippen LogP contribution in [0.3, 0.4) is 0 Å². The smallest absolute Gasteiger partial charge is 0.265 e. The summed E-state index contributed by atoms with van der Waals surface area (Å²) in [5.41, 5.74) is 1.12. The average Bonchev–Trinajstić information content (AvgIpc) is 2.60. The van der Waals surface area contributed by atoms with Crippen LogP contribution in [0.5, 0.6) is 11.5 Å². The Kier molecular flexibility index (Phi) is 6.90. The number of anilines is 2. The van der Waals surface area contributed by atoms with Gasteiger partial charge in [0.05, 0.1) is 18.0 Å². The number of nitrogens with zero attached hydrogens (tertiary/aromatic N) is 1. The number of carbonyl (C=O) groups is 1. The van der Waals surface area contributed by atoms with E-state index in [0.717, 1.165) is 6.26 Å². The van der Waals surface area contributed by atoms with Gasteiger partial charge in [-0.15, -0.1) is 0 Å². The Morgan fingerprint density at radius 3 is 2.21 bits per heavy atom. The van der Waals surface area contributed by atoms with Crippen molar-refractivity contribution >= 4 is 27.3 Å². The van der Waals surface area contributed by atoms with Gasteiger partial charge in [0, 0.05) is 18.8 Å². The van der Waals surface area contributed by atoms with Gasteiger partial charge in [0.15, 0.2) is 6.10 Å². The molecule has 0 radical (unpaired) electrons. The highest BCUT2D eigenvalue weighted by molar-refractivity contribution is 7.92. The minimum atomic E-state index is -3.33. The third-order valence-electron chi connectivity index (χ3n) is 3.85. The molecule has 2 aromatic carbocycles. The average molecular weight is 407 g/mol. The van der Waals surface area contributed by atoms with Crippen molar-refractivity contribution in [3.8, 4) is 11.5 Å². The van der Waals surface area contributed by atoms with Crippen LogP contribution in [0.1, 0.15) is 20.8 Å². The quantitative estimate of drug-likeness (QED) is 0.727. The Morgan fingerprint density at radius 1 is 1.00 bits per heavy atom. The van der Waals surface area contributed by atoms with Gasteiger partial charge in [-0.25, -0.2) is 8.42 Å². The summed E-state index contributed by atoms with van der Waals surface area (Å²) in [5.74, 6) is 0.830. The van der Waals surface area contributed by atoms with Crippen molar-refractivity contribution in [2.24, 2.45) is 0 Å². The maximum Gasteiger partial charge on any atom is 0.265 e. The SMILES string of the molecule is CC(C)Oc1cccc(NC(=O)[C@H](C)Oc2ccc(N(C)S(C)(=O)=O)cc2)c1. The molecule has 2 aromatic rings. The summed E-state index contributed by atoms with van der Waals surface area (Å²) in [6.45, 7) is 5.50. The van der Waals surface area contributed by atoms with Crippen molar-refractivity contribution in [1.82, 2.24) is 0 Å². The summed E-state index contributed by atoms with van der Waals surface area (Å²) in [5, 5.41) is 2.79. The lowest BCUT2D eigenvalue weighted by Gasteiger charge is -2.18. The zero-order chi connectivity index (χ0) is 20.9. The Labute approximate surface area is 166 Å². The summed E-state index contributed by atoms with van der Waals surface area (Å²) in [4.78, 5) is 12.4. The third kappa shape index (κ3) is 6.16. The summed E-state index contributed by atoms with van der Waals surface area (Å²) >= 11 is 0. The number of sulfonamides is 1. The van der Waals surface area contributed by atoms with Gasteiger partial charge in [-0.1, -0.05) is 6.07 Å². The second-order valence-electron chi connectivity index (χ2n) is 6.67. The predicted octanol–water partition coefficient (Wildman–Crippen LogP) is 3.28. The zero-order valence-corrected chi connectivity index (χ0v) is 17.5. The second-order valence-corrected chi connectivity index (χ2v) is 8.68. The predicted molar refractivity (Wildman–Crippen MR) is 111 cm³/mol. The number of rotatable bonds is 8. The molecular weight excluding hydrogens is 380 g/mol.